The van der Waals surface area contributed by atoms with Gasteiger partial charge in [0.2, 0.25) is 0 Å². The van der Waals surface area contributed by atoms with Gasteiger partial charge in [0.1, 0.15) is 0 Å². The minimum Gasteiger partial charge on any atom is -0.481 e. The third kappa shape index (κ3) is 4.98. The highest BCUT2D eigenvalue weighted by atomic mass is 79.9. The van der Waals surface area contributed by atoms with E-state index in [-0.39, 0.29) is 12.5 Å². The van der Waals surface area contributed by atoms with Crippen LogP contribution in [0.4, 0.5) is 4.79 Å². The Morgan fingerprint density at radius 2 is 2.05 bits per heavy atom. The van der Waals surface area contributed by atoms with Crippen LogP contribution in [0.25, 0.3) is 0 Å². The van der Waals surface area contributed by atoms with Gasteiger partial charge in [-0.15, -0.1) is 11.3 Å². The smallest absolute Gasteiger partial charge is 0.317 e. The molecule has 2 heterocycles. The molecule has 0 radical (unpaired) electrons. The van der Waals surface area contributed by atoms with Crippen LogP contribution >= 0.6 is 27.3 Å². The number of piperazine rings is 1. The number of hydrogen-bond donors (Lipinski definition) is 2. The Morgan fingerprint density at radius 3 is 2.62 bits per heavy atom. The van der Waals surface area contributed by atoms with E-state index in [1.165, 1.54) is 0 Å². The van der Waals surface area contributed by atoms with E-state index in [1.54, 1.807) is 16.2 Å². The molecule has 0 spiro atoms. The van der Waals surface area contributed by atoms with Crippen molar-refractivity contribution in [3.63, 3.8) is 0 Å². The molecule has 6 nitrogen and oxygen atoms in total. The normalized spacial score (nSPS) is 16.0. The first-order valence-electron chi connectivity index (χ1n) is 6.75. The summed E-state index contributed by atoms with van der Waals surface area (Å²) >= 11 is 5.04. The first kappa shape index (κ1) is 16.3. The molecule has 0 aliphatic carbocycles. The van der Waals surface area contributed by atoms with Gasteiger partial charge in [0, 0.05) is 42.1 Å². The fourth-order valence-corrected chi connectivity index (χ4v) is 3.58. The Hall–Kier alpha value is -1.12. The molecule has 0 atom stereocenters. The molecule has 1 fully saturated rings. The maximum Gasteiger partial charge on any atom is 0.317 e. The summed E-state index contributed by atoms with van der Waals surface area (Å²) < 4.78 is 1.02. The molecule has 1 saturated heterocycles. The highest BCUT2D eigenvalue weighted by Gasteiger charge is 2.21. The number of carboxylic acids is 1. The van der Waals surface area contributed by atoms with Crippen molar-refractivity contribution in [1.82, 2.24) is 15.1 Å². The van der Waals surface area contributed by atoms with Gasteiger partial charge in [0.25, 0.3) is 0 Å². The zero-order valence-corrected chi connectivity index (χ0v) is 14.0. The van der Waals surface area contributed by atoms with Crippen molar-refractivity contribution in [3.8, 4) is 0 Å². The summed E-state index contributed by atoms with van der Waals surface area (Å²) in [5.41, 5.74) is 0. The molecule has 0 unspecified atom stereocenters. The third-order valence-electron chi connectivity index (χ3n) is 3.39. The molecule has 1 aliphatic heterocycles. The molecule has 0 bridgehead atoms. The number of carbonyl (C=O) groups excluding carboxylic acids is 1. The monoisotopic (exact) mass is 375 g/mol. The third-order valence-corrected chi connectivity index (χ3v) is 5.32. The van der Waals surface area contributed by atoms with E-state index < -0.39 is 5.97 Å². The van der Waals surface area contributed by atoms with Crippen LogP contribution in [0.1, 0.15) is 11.3 Å². The molecular formula is C13H18BrN3O3S. The minimum atomic E-state index is -0.781. The molecule has 1 aromatic rings. The fraction of sp³-hybridized carbons (Fsp3) is 0.538. The van der Waals surface area contributed by atoms with Crippen molar-refractivity contribution < 1.29 is 14.7 Å². The van der Waals surface area contributed by atoms with E-state index in [2.05, 4.69) is 26.1 Å². The van der Waals surface area contributed by atoms with Crippen molar-refractivity contribution in [2.45, 2.75) is 13.0 Å². The van der Waals surface area contributed by atoms with Gasteiger partial charge in [-0.1, -0.05) is 0 Å². The molecule has 2 rings (SSSR count). The first-order chi connectivity index (χ1) is 10.1. The lowest BCUT2D eigenvalue weighted by atomic mass is 10.3. The van der Waals surface area contributed by atoms with Crippen LogP contribution in [0.5, 0.6) is 0 Å². The van der Waals surface area contributed by atoms with E-state index in [0.29, 0.717) is 26.2 Å². The molecule has 2 amide bonds. The maximum absolute atomic E-state index is 12.1. The van der Waals surface area contributed by atoms with Gasteiger partial charge in [-0.25, -0.2) is 4.79 Å². The molecular weight excluding hydrogens is 358 g/mol. The van der Waals surface area contributed by atoms with Gasteiger partial charge < -0.3 is 15.3 Å². The lowest BCUT2D eigenvalue weighted by Gasteiger charge is -2.34. The predicted octanol–water partition coefficient (Wildman–Crippen LogP) is 1.81. The topological polar surface area (TPSA) is 72.9 Å². The van der Waals surface area contributed by atoms with Gasteiger partial charge in [-0.05, 0) is 27.4 Å². The summed E-state index contributed by atoms with van der Waals surface area (Å²) in [5.74, 6) is -0.781. The predicted molar refractivity (Wildman–Crippen MR) is 84.5 cm³/mol. The average Bonchev–Trinajstić information content (AvgIpc) is 2.88. The highest BCUT2D eigenvalue weighted by Crippen LogP contribution is 2.22. The van der Waals surface area contributed by atoms with E-state index in [9.17, 15) is 9.59 Å². The molecule has 8 heteroatoms. The summed E-state index contributed by atoms with van der Waals surface area (Å²) in [6, 6.07) is 1.90. The zero-order chi connectivity index (χ0) is 15.2. The lowest BCUT2D eigenvalue weighted by Crippen LogP contribution is -2.51. The summed E-state index contributed by atoms with van der Waals surface area (Å²) in [5, 5.41) is 13.6. The minimum absolute atomic E-state index is 0.0619. The van der Waals surface area contributed by atoms with Crippen LogP contribution in [-0.2, 0) is 11.3 Å². The molecule has 1 aromatic heterocycles. The first-order valence-corrected chi connectivity index (χ1v) is 8.42. The molecule has 0 saturated carbocycles. The standard InChI is InChI=1S/C13H18BrN3O3S/c14-10-2-8-21-11(10)9-15-13(20)17-6-4-16(5-7-17)3-1-12(18)19/h2,8H,1,3-7,9H2,(H,15,20)(H,18,19). The van der Waals surface area contributed by atoms with Crippen LogP contribution in [0, 0.1) is 0 Å². The van der Waals surface area contributed by atoms with Crippen molar-refractivity contribution >= 4 is 39.3 Å². The van der Waals surface area contributed by atoms with E-state index in [0.717, 1.165) is 22.4 Å². The van der Waals surface area contributed by atoms with Crippen molar-refractivity contribution in [3.05, 3.63) is 20.8 Å². The number of amides is 2. The molecule has 116 valence electrons. The van der Waals surface area contributed by atoms with Gasteiger partial charge in [0.05, 0.1) is 13.0 Å². The van der Waals surface area contributed by atoms with Gasteiger partial charge in [-0.2, -0.15) is 0 Å². The summed E-state index contributed by atoms with van der Waals surface area (Å²) in [6.45, 7) is 3.80. The number of nitrogens with one attached hydrogen (secondary N) is 1. The molecule has 2 N–H and O–H groups in total. The number of carbonyl (C=O) groups is 2. The molecule has 21 heavy (non-hydrogen) atoms. The van der Waals surface area contributed by atoms with Gasteiger partial charge >= 0.3 is 12.0 Å². The second-order valence-corrected chi connectivity index (χ2v) is 6.68. The number of hydrogen-bond acceptors (Lipinski definition) is 4. The van der Waals surface area contributed by atoms with Crippen LogP contribution in [0.3, 0.4) is 0 Å². The van der Waals surface area contributed by atoms with E-state index >= 15 is 0 Å². The fourth-order valence-electron chi connectivity index (χ4n) is 2.15. The lowest BCUT2D eigenvalue weighted by molar-refractivity contribution is -0.137. The Balaban J connectivity index is 1.70. The van der Waals surface area contributed by atoms with E-state index in [1.807, 2.05) is 11.4 Å². The Kier molecular flexibility index (Phi) is 6.01. The Bertz CT molecular complexity index is 501. The number of carboxylic acid groups (broad SMARTS) is 1. The summed E-state index contributed by atoms with van der Waals surface area (Å²) in [7, 11) is 0. The second-order valence-electron chi connectivity index (χ2n) is 4.82. The number of nitrogens with zero attached hydrogens (tertiary/aromatic N) is 2. The van der Waals surface area contributed by atoms with Crippen molar-refractivity contribution in [2.24, 2.45) is 0 Å². The number of thiophene rings is 1. The highest BCUT2D eigenvalue weighted by molar-refractivity contribution is 9.10. The van der Waals surface area contributed by atoms with Crippen molar-refractivity contribution in [1.29, 1.82) is 0 Å². The number of halogens is 1. The average molecular weight is 376 g/mol. The maximum atomic E-state index is 12.1. The van der Waals surface area contributed by atoms with Crippen LogP contribution in [0.2, 0.25) is 0 Å². The summed E-state index contributed by atoms with van der Waals surface area (Å²) in [6.07, 6.45) is 0.151. The van der Waals surface area contributed by atoms with Gasteiger partial charge in [-0.3, -0.25) is 9.69 Å². The Labute approximate surface area is 135 Å². The number of aliphatic carboxylic acids is 1. The van der Waals surface area contributed by atoms with Crippen molar-refractivity contribution in [2.75, 3.05) is 32.7 Å². The van der Waals surface area contributed by atoms with Crippen LogP contribution in [0.15, 0.2) is 15.9 Å². The summed E-state index contributed by atoms with van der Waals surface area (Å²) in [4.78, 5) is 27.6. The zero-order valence-electron chi connectivity index (χ0n) is 11.5. The molecule has 0 aromatic carbocycles. The number of rotatable bonds is 5. The van der Waals surface area contributed by atoms with E-state index in [4.69, 9.17) is 5.11 Å². The SMILES string of the molecule is O=C(O)CCN1CCN(C(=O)NCc2sccc2Br)CC1. The Morgan fingerprint density at radius 1 is 1.33 bits per heavy atom. The largest absolute Gasteiger partial charge is 0.481 e. The molecule has 1 aliphatic rings. The van der Waals surface area contributed by atoms with Crippen LogP contribution in [-0.4, -0.2) is 59.6 Å². The van der Waals surface area contributed by atoms with Gasteiger partial charge in [0.15, 0.2) is 0 Å². The number of urea groups is 1. The quantitative estimate of drug-likeness (QED) is 0.822. The van der Waals surface area contributed by atoms with Crippen LogP contribution < -0.4 is 5.32 Å². The second kappa shape index (κ2) is 7.77.